The van der Waals surface area contributed by atoms with E-state index in [4.69, 9.17) is 10.4 Å². The Morgan fingerprint density at radius 2 is 1.62 bits per heavy atom. The van der Waals surface area contributed by atoms with Gasteiger partial charge in [0.2, 0.25) is 10.0 Å². The van der Waals surface area contributed by atoms with E-state index in [9.17, 15) is 18.0 Å². The first kappa shape index (κ1) is 19.1. The highest BCUT2D eigenvalue weighted by Gasteiger charge is 2.13. The molecule has 0 spiro atoms. The molecule has 0 atom stereocenters. The zero-order valence-corrected chi connectivity index (χ0v) is 14.4. The minimum atomic E-state index is -3.74. The number of nitriles is 1. The number of carbonyl (C=O) groups excluding carboxylic acids is 2. The molecule has 134 valence electrons. The average Bonchev–Trinajstić information content (AvgIpc) is 2.62. The van der Waals surface area contributed by atoms with Crippen LogP contribution in [0.5, 0.6) is 0 Å². The Morgan fingerprint density at radius 1 is 1.00 bits per heavy atom. The van der Waals surface area contributed by atoms with Gasteiger partial charge >= 0.3 is 11.8 Å². The fourth-order valence-corrected chi connectivity index (χ4v) is 2.58. The van der Waals surface area contributed by atoms with E-state index in [1.807, 2.05) is 6.07 Å². The number of nitrogens with one attached hydrogen (secondary N) is 2. The maximum absolute atomic E-state index is 11.8. The molecule has 2 amide bonds. The Hall–Kier alpha value is -3.22. The van der Waals surface area contributed by atoms with Crippen molar-refractivity contribution < 1.29 is 18.0 Å². The Morgan fingerprint density at radius 3 is 2.15 bits per heavy atom. The molecule has 2 rings (SSSR count). The first-order valence-electron chi connectivity index (χ1n) is 7.50. The summed E-state index contributed by atoms with van der Waals surface area (Å²) in [6, 6.07) is 14.0. The molecule has 0 aliphatic carbocycles. The number of amides is 2. The molecule has 0 bridgehead atoms. The van der Waals surface area contributed by atoms with Crippen LogP contribution in [0.1, 0.15) is 11.1 Å². The van der Waals surface area contributed by atoms with Crippen LogP contribution in [0.4, 0.5) is 5.69 Å². The lowest BCUT2D eigenvalue weighted by molar-refractivity contribution is -0.136. The van der Waals surface area contributed by atoms with Gasteiger partial charge in [-0.1, -0.05) is 12.1 Å². The van der Waals surface area contributed by atoms with Gasteiger partial charge in [-0.2, -0.15) is 5.26 Å². The summed E-state index contributed by atoms with van der Waals surface area (Å²) < 4.78 is 22.3. The lowest BCUT2D eigenvalue weighted by Crippen LogP contribution is -2.36. The highest BCUT2D eigenvalue weighted by Crippen LogP contribution is 2.09. The molecule has 2 aromatic carbocycles. The highest BCUT2D eigenvalue weighted by atomic mass is 32.2. The van der Waals surface area contributed by atoms with Crippen LogP contribution in [-0.2, 0) is 26.0 Å². The van der Waals surface area contributed by atoms with Crippen LogP contribution >= 0.6 is 0 Å². The molecule has 0 aliphatic heterocycles. The highest BCUT2D eigenvalue weighted by molar-refractivity contribution is 7.89. The van der Waals surface area contributed by atoms with E-state index in [1.54, 1.807) is 12.1 Å². The largest absolute Gasteiger partial charge is 0.347 e. The predicted molar refractivity (Wildman–Crippen MR) is 94.3 cm³/mol. The summed E-state index contributed by atoms with van der Waals surface area (Å²) in [5, 5.41) is 18.6. The summed E-state index contributed by atoms with van der Waals surface area (Å²) in [7, 11) is -3.74. The molecule has 0 aliphatic rings. The zero-order valence-electron chi connectivity index (χ0n) is 13.6. The van der Waals surface area contributed by atoms with Gasteiger partial charge in [0.15, 0.2) is 0 Å². The van der Waals surface area contributed by atoms with E-state index in [1.165, 1.54) is 36.4 Å². The number of sulfonamides is 1. The van der Waals surface area contributed by atoms with Gasteiger partial charge in [-0.25, -0.2) is 13.6 Å². The fraction of sp³-hybridized carbons (Fsp3) is 0.118. The molecule has 4 N–H and O–H groups in total. The molecule has 0 saturated carbocycles. The number of primary sulfonamides is 1. The maximum atomic E-state index is 11.8. The SMILES string of the molecule is N#Cc1ccc(NC(=O)C(=O)NCCc2ccc(S(N)(=O)=O)cc2)cc1. The summed E-state index contributed by atoms with van der Waals surface area (Å²) >= 11 is 0. The second-order valence-corrected chi connectivity index (χ2v) is 6.90. The van der Waals surface area contributed by atoms with E-state index < -0.39 is 21.8 Å². The molecular formula is C17H16N4O4S. The monoisotopic (exact) mass is 372 g/mol. The first-order chi connectivity index (χ1) is 12.3. The number of hydrogen-bond donors (Lipinski definition) is 3. The second kappa shape index (κ2) is 8.24. The second-order valence-electron chi connectivity index (χ2n) is 5.34. The lowest BCUT2D eigenvalue weighted by atomic mass is 10.1. The van der Waals surface area contributed by atoms with Gasteiger partial charge in [0.1, 0.15) is 0 Å². The van der Waals surface area contributed by atoms with E-state index >= 15 is 0 Å². The van der Waals surface area contributed by atoms with Gasteiger partial charge in [0, 0.05) is 12.2 Å². The third-order valence-electron chi connectivity index (χ3n) is 3.43. The molecule has 0 heterocycles. The van der Waals surface area contributed by atoms with Crippen molar-refractivity contribution in [2.45, 2.75) is 11.3 Å². The summed E-state index contributed by atoms with van der Waals surface area (Å²) in [4.78, 5) is 23.6. The van der Waals surface area contributed by atoms with Gasteiger partial charge in [0.25, 0.3) is 0 Å². The van der Waals surface area contributed by atoms with Gasteiger partial charge in [-0.3, -0.25) is 9.59 Å². The van der Waals surface area contributed by atoms with Gasteiger partial charge in [-0.15, -0.1) is 0 Å². The summed E-state index contributed by atoms with van der Waals surface area (Å²) in [6.45, 7) is 0.203. The van der Waals surface area contributed by atoms with Gasteiger partial charge in [0.05, 0.1) is 16.5 Å². The number of hydrogen-bond acceptors (Lipinski definition) is 5. The molecule has 26 heavy (non-hydrogen) atoms. The molecule has 2 aromatic rings. The van der Waals surface area contributed by atoms with Gasteiger partial charge in [-0.05, 0) is 48.4 Å². The Kier molecular flexibility index (Phi) is 6.06. The van der Waals surface area contributed by atoms with Crippen LogP contribution in [0.15, 0.2) is 53.4 Å². The van der Waals surface area contributed by atoms with Crippen molar-refractivity contribution in [3.63, 3.8) is 0 Å². The standard InChI is InChI=1S/C17H16N4O4S/c18-11-13-1-5-14(6-2-13)21-17(23)16(22)20-10-9-12-3-7-15(8-4-12)26(19,24)25/h1-8H,9-10H2,(H,20,22)(H,21,23)(H2,19,24,25). The molecular weight excluding hydrogens is 356 g/mol. The summed E-state index contributed by atoms with van der Waals surface area (Å²) in [6.07, 6.45) is 0.417. The van der Waals surface area contributed by atoms with Crippen molar-refractivity contribution in [3.8, 4) is 6.07 Å². The smallest absolute Gasteiger partial charge is 0.313 e. The minimum Gasteiger partial charge on any atom is -0.347 e. The maximum Gasteiger partial charge on any atom is 0.313 e. The minimum absolute atomic E-state index is 0.00656. The van der Waals surface area contributed by atoms with Crippen molar-refractivity contribution in [1.82, 2.24) is 5.32 Å². The molecule has 8 nitrogen and oxygen atoms in total. The average molecular weight is 372 g/mol. The molecule has 0 unspecified atom stereocenters. The Labute approximate surface area is 150 Å². The number of carbonyl (C=O) groups is 2. The van der Waals surface area contributed by atoms with Crippen LogP contribution in [-0.4, -0.2) is 26.8 Å². The molecule has 0 aromatic heterocycles. The number of rotatable bonds is 5. The van der Waals surface area contributed by atoms with Crippen molar-refractivity contribution in [3.05, 3.63) is 59.7 Å². The summed E-state index contributed by atoms with van der Waals surface area (Å²) in [5.74, 6) is -1.62. The van der Waals surface area contributed by atoms with Crippen molar-refractivity contribution in [1.29, 1.82) is 5.26 Å². The topological polar surface area (TPSA) is 142 Å². The van der Waals surface area contributed by atoms with Crippen LogP contribution in [0.25, 0.3) is 0 Å². The Bertz CT molecular complexity index is 946. The van der Waals surface area contributed by atoms with E-state index in [0.29, 0.717) is 17.7 Å². The van der Waals surface area contributed by atoms with E-state index in [0.717, 1.165) is 5.56 Å². The third-order valence-corrected chi connectivity index (χ3v) is 4.36. The molecule has 0 radical (unpaired) electrons. The molecule has 0 saturated heterocycles. The molecule has 9 heteroatoms. The van der Waals surface area contributed by atoms with Crippen molar-refractivity contribution >= 4 is 27.5 Å². The van der Waals surface area contributed by atoms with Crippen molar-refractivity contribution in [2.75, 3.05) is 11.9 Å². The lowest BCUT2D eigenvalue weighted by Gasteiger charge is -2.07. The predicted octanol–water partition coefficient (Wildman–Crippen LogP) is 0.503. The number of benzene rings is 2. The number of nitrogens with two attached hydrogens (primary N) is 1. The van der Waals surface area contributed by atoms with E-state index in [-0.39, 0.29) is 11.4 Å². The van der Waals surface area contributed by atoms with Crippen LogP contribution in [0, 0.1) is 11.3 Å². The third kappa shape index (κ3) is 5.41. The van der Waals surface area contributed by atoms with E-state index in [2.05, 4.69) is 10.6 Å². The Balaban J connectivity index is 1.82. The first-order valence-corrected chi connectivity index (χ1v) is 9.05. The fourth-order valence-electron chi connectivity index (χ4n) is 2.06. The van der Waals surface area contributed by atoms with Crippen LogP contribution in [0.3, 0.4) is 0 Å². The molecule has 0 fully saturated rings. The number of nitrogens with zero attached hydrogens (tertiary/aromatic N) is 1. The summed E-state index contributed by atoms with van der Waals surface area (Å²) in [5.41, 5.74) is 1.63. The van der Waals surface area contributed by atoms with Crippen molar-refractivity contribution in [2.24, 2.45) is 5.14 Å². The zero-order chi connectivity index (χ0) is 19.2. The van der Waals surface area contributed by atoms with Crippen LogP contribution < -0.4 is 15.8 Å². The number of anilines is 1. The normalized spacial score (nSPS) is 10.6. The van der Waals surface area contributed by atoms with Gasteiger partial charge < -0.3 is 10.6 Å². The quantitative estimate of drug-likeness (QED) is 0.655. The van der Waals surface area contributed by atoms with Crippen LogP contribution in [0.2, 0.25) is 0 Å².